The van der Waals surface area contributed by atoms with Gasteiger partial charge in [-0.15, -0.1) is 0 Å². The molecule has 1 aromatic heterocycles. The molecular weight excluding hydrogens is 348 g/mol. The van der Waals surface area contributed by atoms with Gasteiger partial charge >= 0.3 is 0 Å². The first kappa shape index (κ1) is 17.5. The van der Waals surface area contributed by atoms with Crippen molar-refractivity contribution in [1.82, 2.24) is 20.1 Å². The van der Waals surface area contributed by atoms with Gasteiger partial charge in [-0.1, -0.05) is 18.9 Å². The van der Waals surface area contributed by atoms with E-state index < -0.39 is 0 Å². The molecule has 6 nitrogen and oxygen atoms in total. The van der Waals surface area contributed by atoms with Crippen LogP contribution in [-0.2, 0) is 11.3 Å². The van der Waals surface area contributed by atoms with Gasteiger partial charge in [0.05, 0.1) is 6.54 Å². The van der Waals surface area contributed by atoms with Crippen LogP contribution in [0.5, 0.6) is 0 Å². The molecule has 1 aliphatic carbocycles. The summed E-state index contributed by atoms with van der Waals surface area (Å²) in [6.07, 6.45) is 5.69. The van der Waals surface area contributed by atoms with Crippen LogP contribution in [0.2, 0.25) is 0 Å². The van der Waals surface area contributed by atoms with Gasteiger partial charge in [-0.05, 0) is 43.5 Å². The Bertz CT molecular complexity index is 756. The second kappa shape index (κ2) is 7.39. The fourth-order valence-electron chi connectivity index (χ4n) is 4.68. The van der Waals surface area contributed by atoms with Crippen LogP contribution < -0.4 is 16.2 Å². The van der Waals surface area contributed by atoms with Gasteiger partial charge in [0.15, 0.2) is 5.11 Å². The SMILES string of the molecule is O=C(CNC(=S)N1C[C@H]2C[C@@H](C1)c1cccc(=O)n1C2)NC1CCCC1. The Kier molecular flexibility index (Phi) is 4.98. The molecule has 0 spiro atoms. The topological polar surface area (TPSA) is 66.4 Å². The molecule has 2 bridgehead atoms. The lowest BCUT2D eigenvalue weighted by atomic mass is 9.83. The Labute approximate surface area is 158 Å². The number of amides is 1. The van der Waals surface area contributed by atoms with Gasteiger partial charge in [-0.25, -0.2) is 0 Å². The molecular formula is C19H26N4O2S. The summed E-state index contributed by atoms with van der Waals surface area (Å²) in [5, 5.41) is 6.85. The maximum absolute atomic E-state index is 12.1. The second-order valence-electron chi connectivity index (χ2n) is 7.81. The van der Waals surface area contributed by atoms with Gasteiger partial charge in [-0.2, -0.15) is 0 Å². The Morgan fingerprint density at radius 1 is 1.19 bits per heavy atom. The van der Waals surface area contributed by atoms with E-state index >= 15 is 0 Å². The molecule has 2 atom stereocenters. The lowest BCUT2D eigenvalue weighted by molar-refractivity contribution is -0.120. The summed E-state index contributed by atoms with van der Waals surface area (Å²) in [7, 11) is 0. The van der Waals surface area contributed by atoms with E-state index in [2.05, 4.69) is 21.6 Å². The van der Waals surface area contributed by atoms with Gasteiger partial charge in [0, 0.05) is 43.4 Å². The highest BCUT2D eigenvalue weighted by molar-refractivity contribution is 7.80. The lowest BCUT2D eigenvalue weighted by Crippen LogP contribution is -2.53. The highest BCUT2D eigenvalue weighted by atomic mass is 32.1. The van der Waals surface area contributed by atoms with Gasteiger partial charge in [0.1, 0.15) is 0 Å². The zero-order valence-electron chi connectivity index (χ0n) is 14.9. The molecule has 140 valence electrons. The molecule has 1 amide bonds. The second-order valence-corrected chi connectivity index (χ2v) is 8.20. The number of fused-ring (bicyclic) bond motifs is 4. The smallest absolute Gasteiger partial charge is 0.250 e. The minimum absolute atomic E-state index is 0.0216. The minimum Gasteiger partial charge on any atom is -0.354 e. The molecule has 3 heterocycles. The van der Waals surface area contributed by atoms with E-state index in [4.69, 9.17) is 12.2 Å². The first-order valence-corrected chi connectivity index (χ1v) is 10.0. The predicted molar refractivity (Wildman–Crippen MR) is 104 cm³/mol. The Morgan fingerprint density at radius 2 is 2.00 bits per heavy atom. The van der Waals surface area contributed by atoms with Crippen molar-refractivity contribution in [2.75, 3.05) is 19.6 Å². The fraction of sp³-hybridized carbons (Fsp3) is 0.632. The molecule has 0 unspecified atom stereocenters. The first-order chi connectivity index (χ1) is 12.6. The molecule has 4 rings (SSSR count). The number of hydrogen-bond donors (Lipinski definition) is 2. The van der Waals surface area contributed by atoms with Crippen molar-refractivity contribution in [3.05, 3.63) is 34.2 Å². The summed E-state index contributed by atoms with van der Waals surface area (Å²) in [6, 6.07) is 5.87. The highest BCUT2D eigenvalue weighted by Crippen LogP contribution is 2.34. The first-order valence-electron chi connectivity index (χ1n) is 9.62. The van der Waals surface area contributed by atoms with E-state index in [1.54, 1.807) is 6.07 Å². The van der Waals surface area contributed by atoms with Crippen molar-refractivity contribution in [2.24, 2.45) is 5.92 Å². The summed E-state index contributed by atoms with van der Waals surface area (Å²) in [6.45, 7) is 2.63. The van der Waals surface area contributed by atoms with Crippen molar-refractivity contribution in [1.29, 1.82) is 0 Å². The lowest BCUT2D eigenvalue weighted by Gasteiger charge is -2.43. The van der Waals surface area contributed by atoms with Crippen LogP contribution in [0.4, 0.5) is 0 Å². The van der Waals surface area contributed by atoms with Crippen LogP contribution in [0, 0.1) is 5.92 Å². The molecule has 0 radical (unpaired) electrons. The van der Waals surface area contributed by atoms with Crippen molar-refractivity contribution in [3.8, 4) is 0 Å². The standard InChI is InChI=1S/C19H26N4O2S/c24-17(21-15-4-1-2-5-15)9-20-19(26)22-10-13-8-14(12-22)16-6-3-7-18(25)23(16)11-13/h3,6-7,13-15H,1-2,4-5,8-12H2,(H,20,26)(H,21,24)/t13-,14+/m1/s1. The molecule has 2 N–H and O–H groups in total. The van der Waals surface area contributed by atoms with Crippen molar-refractivity contribution in [3.63, 3.8) is 0 Å². The number of thiocarbonyl (C=S) groups is 1. The normalized spacial score (nSPS) is 24.8. The third-order valence-corrected chi connectivity index (χ3v) is 6.29. The highest BCUT2D eigenvalue weighted by Gasteiger charge is 2.35. The number of carbonyl (C=O) groups is 1. The zero-order chi connectivity index (χ0) is 18.1. The summed E-state index contributed by atoms with van der Waals surface area (Å²) in [4.78, 5) is 26.4. The largest absolute Gasteiger partial charge is 0.354 e. The summed E-state index contributed by atoms with van der Waals surface area (Å²) in [5.74, 6) is 0.769. The average molecular weight is 375 g/mol. The van der Waals surface area contributed by atoms with Crippen molar-refractivity contribution in [2.45, 2.75) is 50.6 Å². The maximum Gasteiger partial charge on any atom is 0.250 e. The van der Waals surface area contributed by atoms with Gasteiger partial charge < -0.3 is 20.1 Å². The molecule has 1 aromatic rings. The number of rotatable bonds is 3. The van der Waals surface area contributed by atoms with Crippen molar-refractivity contribution < 1.29 is 4.79 Å². The number of nitrogens with zero attached hydrogens (tertiary/aromatic N) is 2. The van der Waals surface area contributed by atoms with Crippen molar-refractivity contribution >= 4 is 23.2 Å². The van der Waals surface area contributed by atoms with Crippen LogP contribution >= 0.6 is 12.2 Å². The third kappa shape index (κ3) is 3.63. The Hall–Kier alpha value is -1.89. The molecule has 2 aliphatic heterocycles. The summed E-state index contributed by atoms with van der Waals surface area (Å²) in [5.41, 5.74) is 1.20. The fourth-order valence-corrected chi connectivity index (χ4v) is 4.90. The molecule has 26 heavy (non-hydrogen) atoms. The van der Waals surface area contributed by atoms with Gasteiger partial charge in [0.25, 0.3) is 5.56 Å². The quantitative estimate of drug-likeness (QED) is 0.779. The zero-order valence-corrected chi connectivity index (χ0v) is 15.8. The van der Waals surface area contributed by atoms with E-state index in [1.807, 2.05) is 10.6 Å². The maximum atomic E-state index is 12.1. The minimum atomic E-state index is 0.0216. The summed E-state index contributed by atoms with van der Waals surface area (Å²) < 4.78 is 1.92. The average Bonchev–Trinajstić information content (AvgIpc) is 3.13. The van der Waals surface area contributed by atoms with Crippen LogP contribution in [0.25, 0.3) is 0 Å². The van der Waals surface area contributed by atoms with Gasteiger partial charge in [0.2, 0.25) is 5.91 Å². The van der Waals surface area contributed by atoms with E-state index in [0.29, 0.717) is 23.0 Å². The van der Waals surface area contributed by atoms with Crippen LogP contribution in [0.3, 0.4) is 0 Å². The molecule has 3 aliphatic rings. The van der Waals surface area contributed by atoms with Crippen LogP contribution in [-0.4, -0.2) is 46.2 Å². The molecule has 7 heteroatoms. The predicted octanol–water partition coefficient (Wildman–Crippen LogP) is 1.20. The molecule has 1 saturated heterocycles. The number of nitrogens with one attached hydrogen (secondary N) is 2. The van der Waals surface area contributed by atoms with Crippen LogP contribution in [0.15, 0.2) is 23.0 Å². The van der Waals surface area contributed by atoms with E-state index in [-0.39, 0.29) is 18.0 Å². The third-order valence-electron chi connectivity index (χ3n) is 5.89. The number of aromatic nitrogens is 1. The Morgan fingerprint density at radius 3 is 2.81 bits per heavy atom. The number of pyridine rings is 1. The summed E-state index contributed by atoms with van der Waals surface area (Å²) >= 11 is 5.54. The van der Waals surface area contributed by atoms with Gasteiger partial charge in [-0.3, -0.25) is 9.59 Å². The van der Waals surface area contributed by atoms with Crippen LogP contribution in [0.1, 0.15) is 43.7 Å². The molecule has 2 fully saturated rings. The number of hydrogen-bond acceptors (Lipinski definition) is 3. The van der Waals surface area contributed by atoms with E-state index in [1.165, 1.54) is 12.8 Å². The van der Waals surface area contributed by atoms with E-state index in [9.17, 15) is 9.59 Å². The molecule has 1 saturated carbocycles. The number of piperidine rings is 1. The number of likely N-dealkylation sites (tertiary alicyclic amines) is 1. The van der Waals surface area contributed by atoms with E-state index in [0.717, 1.165) is 44.6 Å². The monoisotopic (exact) mass is 374 g/mol. The number of carbonyl (C=O) groups excluding carboxylic acids is 1. The molecule has 0 aromatic carbocycles. The Balaban J connectivity index is 1.34.